The Bertz CT molecular complexity index is 543. The van der Waals surface area contributed by atoms with Crippen molar-refractivity contribution in [2.24, 2.45) is 5.73 Å². The third-order valence-corrected chi connectivity index (χ3v) is 3.39. The minimum Gasteiger partial charge on any atom is -0.493 e. The van der Waals surface area contributed by atoms with E-state index in [0.29, 0.717) is 6.61 Å². The first kappa shape index (κ1) is 12.2. The first-order chi connectivity index (χ1) is 9.31. The van der Waals surface area contributed by atoms with Crippen LogP contribution in [-0.2, 0) is 11.3 Å². The zero-order valence-corrected chi connectivity index (χ0v) is 10.8. The van der Waals surface area contributed by atoms with Crippen LogP contribution in [-0.4, -0.2) is 12.7 Å². The van der Waals surface area contributed by atoms with Crippen LogP contribution in [0.4, 0.5) is 0 Å². The number of hydrogen-bond donors (Lipinski definition) is 2. The summed E-state index contributed by atoms with van der Waals surface area (Å²) < 4.78 is 5.87. The molecule has 0 spiro atoms. The molecule has 1 aromatic rings. The zero-order valence-electron chi connectivity index (χ0n) is 10.8. The molecule has 1 aromatic carbocycles. The topological polar surface area (TPSA) is 47.3 Å². The second-order valence-corrected chi connectivity index (χ2v) is 4.85. The number of rotatable bonds is 3. The molecule has 1 aliphatic heterocycles. The number of ether oxygens (including phenoxy) is 1. The summed E-state index contributed by atoms with van der Waals surface area (Å²) in [5, 5.41) is 3.22. The monoisotopic (exact) mass is 254 g/mol. The van der Waals surface area contributed by atoms with E-state index in [0.717, 1.165) is 18.7 Å². The predicted octanol–water partition coefficient (Wildman–Crippen LogP) is 2.23. The van der Waals surface area contributed by atoms with Gasteiger partial charge in [-0.25, -0.2) is 0 Å². The van der Waals surface area contributed by atoms with Crippen molar-refractivity contribution in [1.82, 2.24) is 5.32 Å². The molecule has 0 saturated carbocycles. The van der Waals surface area contributed by atoms with Crippen LogP contribution >= 0.6 is 0 Å². The molecule has 3 rings (SSSR count). The van der Waals surface area contributed by atoms with Gasteiger partial charge in [-0.2, -0.15) is 0 Å². The van der Waals surface area contributed by atoms with Crippen molar-refractivity contribution >= 4 is 0 Å². The maximum absolute atomic E-state index is 5.87. The summed E-state index contributed by atoms with van der Waals surface area (Å²) >= 11 is 0. The third-order valence-electron chi connectivity index (χ3n) is 3.39. The van der Waals surface area contributed by atoms with Gasteiger partial charge in [-0.1, -0.05) is 36.4 Å². The molecule has 3 heteroatoms. The third kappa shape index (κ3) is 2.95. The number of hydrogen-bond acceptors (Lipinski definition) is 3. The van der Waals surface area contributed by atoms with E-state index in [1.54, 1.807) is 0 Å². The molecule has 1 atom stereocenters. The van der Waals surface area contributed by atoms with Crippen molar-refractivity contribution in [2.45, 2.75) is 19.2 Å². The van der Waals surface area contributed by atoms with Crippen LogP contribution < -0.4 is 11.1 Å². The SMILES string of the molecule is NC1C=C2C=C(OCc3ccccc3)CC=C2CN1. The van der Waals surface area contributed by atoms with Gasteiger partial charge in [-0.3, -0.25) is 5.32 Å². The maximum atomic E-state index is 5.87. The lowest BCUT2D eigenvalue weighted by Crippen LogP contribution is -2.40. The summed E-state index contributed by atoms with van der Waals surface area (Å²) in [6.07, 6.45) is 7.16. The summed E-state index contributed by atoms with van der Waals surface area (Å²) in [4.78, 5) is 0. The van der Waals surface area contributed by atoms with Gasteiger partial charge in [0.15, 0.2) is 0 Å². The van der Waals surface area contributed by atoms with Crippen molar-refractivity contribution in [2.75, 3.05) is 6.54 Å². The predicted molar refractivity (Wildman–Crippen MR) is 76.1 cm³/mol. The van der Waals surface area contributed by atoms with E-state index in [1.165, 1.54) is 16.7 Å². The molecule has 3 N–H and O–H groups in total. The number of allylic oxidation sites excluding steroid dienone is 2. The number of fused-ring (bicyclic) bond motifs is 1. The highest BCUT2D eigenvalue weighted by molar-refractivity contribution is 5.47. The lowest BCUT2D eigenvalue weighted by atomic mass is 9.95. The van der Waals surface area contributed by atoms with Crippen LogP contribution in [0.1, 0.15) is 12.0 Å². The molecule has 0 amide bonds. The highest BCUT2D eigenvalue weighted by atomic mass is 16.5. The second-order valence-electron chi connectivity index (χ2n) is 4.85. The number of nitrogens with one attached hydrogen (secondary N) is 1. The molecule has 0 radical (unpaired) electrons. The Hall–Kier alpha value is -1.84. The fraction of sp³-hybridized carbons (Fsp3) is 0.250. The highest BCUT2D eigenvalue weighted by Gasteiger charge is 2.17. The van der Waals surface area contributed by atoms with Gasteiger partial charge >= 0.3 is 0 Å². The maximum Gasteiger partial charge on any atom is 0.113 e. The van der Waals surface area contributed by atoms with E-state index in [9.17, 15) is 0 Å². The van der Waals surface area contributed by atoms with E-state index in [1.807, 2.05) is 24.3 Å². The lowest BCUT2D eigenvalue weighted by molar-refractivity contribution is 0.193. The average Bonchev–Trinajstić information content (AvgIpc) is 2.46. The van der Waals surface area contributed by atoms with Crippen LogP contribution in [0.15, 0.2) is 65.5 Å². The van der Waals surface area contributed by atoms with Crippen molar-refractivity contribution in [3.8, 4) is 0 Å². The molecule has 3 nitrogen and oxygen atoms in total. The summed E-state index contributed by atoms with van der Waals surface area (Å²) in [7, 11) is 0. The van der Waals surface area contributed by atoms with Crippen molar-refractivity contribution in [3.05, 3.63) is 71.0 Å². The Labute approximate surface area is 113 Å². The molecule has 0 aromatic heterocycles. The number of benzene rings is 1. The Balaban J connectivity index is 1.67. The molecular weight excluding hydrogens is 236 g/mol. The minimum absolute atomic E-state index is 0.0585. The smallest absolute Gasteiger partial charge is 0.113 e. The average molecular weight is 254 g/mol. The summed E-state index contributed by atoms with van der Waals surface area (Å²) in [5.41, 5.74) is 9.57. The van der Waals surface area contributed by atoms with Gasteiger partial charge in [0.05, 0.1) is 6.17 Å². The van der Waals surface area contributed by atoms with Gasteiger partial charge in [0, 0.05) is 13.0 Å². The van der Waals surface area contributed by atoms with Gasteiger partial charge in [-0.15, -0.1) is 0 Å². The second kappa shape index (κ2) is 5.43. The van der Waals surface area contributed by atoms with Crippen LogP contribution in [0.5, 0.6) is 0 Å². The Morgan fingerprint density at radius 2 is 2.11 bits per heavy atom. The van der Waals surface area contributed by atoms with Crippen LogP contribution in [0, 0.1) is 0 Å². The summed E-state index contributed by atoms with van der Waals surface area (Å²) in [5.74, 6) is 1.01. The molecule has 1 aliphatic carbocycles. The standard InChI is InChI=1S/C16H18N2O/c17-16-9-14-8-15(7-6-13(14)10-18-16)19-11-12-4-2-1-3-5-12/h1-6,8-9,16,18H,7,10-11,17H2. The zero-order chi connectivity index (χ0) is 13.1. The summed E-state index contributed by atoms with van der Waals surface area (Å²) in [6.45, 7) is 1.46. The molecule has 2 aliphatic rings. The van der Waals surface area contributed by atoms with Crippen LogP contribution in [0.25, 0.3) is 0 Å². The van der Waals surface area contributed by atoms with Crippen molar-refractivity contribution in [3.63, 3.8) is 0 Å². The van der Waals surface area contributed by atoms with Crippen LogP contribution in [0.2, 0.25) is 0 Å². The molecule has 19 heavy (non-hydrogen) atoms. The highest BCUT2D eigenvalue weighted by Crippen LogP contribution is 2.25. The van der Waals surface area contributed by atoms with Gasteiger partial charge in [-0.05, 0) is 28.9 Å². The molecule has 1 unspecified atom stereocenters. The van der Waals surface area contributed by atoms with E-state index in [4.69, 9.17) is 10.5 Å². The Kier molecular flexibility index (Phi) is 3.49. The Morgan fingerprint density at radius 3 is 2.95 bits per heavy atom. The first-order valence-corrected chi connectivity index (χ1v) is 6.59. The van der Waals surface area contributed by atoms with Gasteiger partial charge < -0.3 is 10.5 Å². The molecule has 1 heterocycles. The van der Waals surface area contributed by atoms with E-state index in [-0.39, 0.29) is 6.17 Å². The van der Waals surface area contributed by atoms with E-state index < -0.39 is 0 Å². The fourth-order valence-electron chi connectivity index (χ4n) is 2.33. The van der Waals surface area contributed by atoms with Crippen LogP contribution in [0.3, 0.4) is 0 Å². The fourth-order valence-corrected chi connectivity index (χ4v) is 2.33. The van der Waals surface area contributed by atoms with Gasteiger partial charge in [0.25, 0.3) is 0 Å². The lowest BCUT2D eigenvalue weighted by Gasteiger charge is -2.24. The van der Waals surface area contributed by atoms with E-state index >= 15 is 0 Å². The molecule has 0 saturated heterocycles. The number of nitrogens with two attached hydrogens (primary N) is 1. The Morgan fingerprint density at radius 1 is 1.26 bits per heavy atom. The molecule has 0 bridgehead atoms. The quantitative estimate of drug-likeness (QED) is 0.869. The van der Waals surface area contributed by atoms with Gasteiger partial charge in [0.2, 0.25) is 0 Å². The normalized spacial score (nSPS) is 21.9. The van der Waals surface area contributed by atoms with Crippen molar-refractivity contribution < 1.29 is 4.74 Å². The molecule has 98 valence electrons. The minimum atomic E-state index is -0.0585. The first-order valence-electron chi connectivity index (χ1n) is 6.59. The van der Waals surface area contributed by atoms with Crippen molar-refractivity contribution in [1.29, 1.82) is 0 Å². The molecule has 0 fully saturated rings. The largest absolute Gasteiger partial charge is 0.493 e. The summed E-state index contributed by atoms with van der Waals surface area (Å²) in [6, 6.07) is 10.2. The molecular formula is C16H18N2O. The van der Waals surface area contributed by atoms with E-state index in [2.05, 4.69) is 29.6 Å². The van der Waals surface area contributed by atoms with Gasteiger partial charge in [0.1, 0.15) is 12.4 Å².